The van der Waals surface area contributed by atoms with Gasteiger partial charge in [-0.1, -0.05) is 6.92 Å². The van der Waals surface area contributed by atoms with E-state index in [4.69, 9.17) is 5.73 Å². The number of nitrogens with two attached hydrogens (primary N) is 1. The van der Waals surface area contributed by atoms with E-state index in [0.29, 0.717) is 6.54 Å². The molecular weight excluding hydrogens is 124 g/mol. The van der Waals surface area contributed by atoms with Crippen LogP contribution in [-0.4, -0.2) is 12.5 Å². The fraction of sp³-hybridized carbons (Fsp3) is 1.00. The van der Waals surface area contributed by atoms with Crippen LogP contribution in [0.3, 0.4) is 0 Å². The molecule has 0 aliphatic heterocycles. The largest absolute Gasteiger partial charge is 0.330 e. The van der Waals surface area contributed by atoms with Crippen LogP contribution in [0.5, 0.6) is 0 Å². The third-order valence-corrected chi connectivity index (χ3v) is 1.11. The predicted molar refractivity (Wildman–Crippen MR) is 33.5 cm³/mol. The Bertz CT molecular complexity index is 77.6. The average Bonchev–Trinajstić information content (AvgIpc) is 1.62. The van der Waals surface area contributed by atoms with Crippen LogP contribution >= 0.6 is 0 Å². The molecular formula is C6H13F2N. The molecule has 0 saturated carbocycles. The van der Waals surface area contributed by atoms with E-state index in [-0.39, 0.29) is 12.3 Å². The number of hydrogen-bond acceptors (Lipinski definition) is 1. The standard InChI is InChI=1S/C6H13F2N/c1-5(4-9)3-6(2,7)8/h5H,3-4,9H2,1-2H3. The molecule has 0 aromatic heterocycles. The van der Waals surface area contributed by atoms with Crippen LogP contribution in [0.15, 0.2) is 0 Å². The second-order valence-corrected chi connectivity index (χ2v) is 2.62. The van der Waals surface area contributed by atoms with Gasteiger partial charge in [0.05, 0.1) is 0 Å². The maximum atomic E-state index is 12.1. The van der Waals surface area contributed by atoms with Crippen LogP contribution in [-0.2, 0) is 0 Å². The molecule has 0 fully saturated rings. The molecule has 0 aliphatic rings. The molecule has 0 saturated heterocycles. The molecule has 1 nitrogen and oxygen atoms in total. The minimum Gasteiger partial charge on any atom is -0.330 e. The van der Waals surface area contributed by atoms with Crippen LogP contribution in [0, 0.1) is 5.92 Å². The second-order valence-electron chi connectivity index (χ2n) is 2.62. The predicted octanol–water partition coefficient (Wildman–Crippen LogP) is 1.63. The van der Waals surface area contributed by atoms with Crippen molar-refractivity contribution in [2.24, 2.45) is 11.7 Å². The Kier molecular flexibility index (Phi) is 3.04. The van der Waals surface area contributed by atoms with Gasteiger partial charge in [-0.2, -0.15) is 0 Å². The van der Waals surface area contributed by atoms with E-state index < -0.39 is 5.92 Å². The second kappa shape index (κ2) is 3.11. The summed E-state index contributed by atoms with van der Waals surface area (Å²) in [6, 6.07) is 0. The zero-order chi connectivity index (χ0) is 7.49. The summed E-state index contributed by atoms with van der Waals surface area (Å²) in [6.07, 6.45) is -0.108. The van der Waals surface area contributed by atoms with Crippen molar-refractivity contribution in [3.63, 3.8) is 0 Å². The van der Waals surface area contributed by atoms with Gasteiger partial charge in [-0.15, -0.1) is 0 Å². The topological polar surface area (TPSA) is 26.0 Å². The molecule has 56 valence electrons. The summed E-state index contributed by atoms with van der Waals surface area (Å²) in [6.45, 7) is 2.97. The van der Waals surface area contributed by atoms with Gasteiger partial charge in [-0.05, 0) is 19.4 Å². The lowest BCUT2D eigenvalue weighted by atomic mass is 10.0. The summed E-state index contributed by atoms with van der Waals surface area (Å²) in [7, 11) is 0. The molecule has 1 atom stereocenters. The van der Waals surface area contributed by atoms with E-state index in [9.17, 15) is 8.78 Å². The van der Waals surface area contributed by atoms with E-state index in [0.717, 1.165) is 6.92 Å². The Morgan fingerprint density at radius 2 is 2.00 bits per heavy atom. The number of rotatable bonds is 3. The van der Waals surface area contributed by atoms with E-state index >= 15 is 0 Å². The van der Waals surface area contributed by atoms with E-state index in [1.54, 1.807) is 6.92 Å². The first kappa shape index (κ1) is 8.82. The molecule has 9 heavy (non-hydrogen) atoms. The molecule has 0 aromatic rings. The highest BCUT2D eigenvalue weighted by Gasteiger charge is 2.23. The Morgan fingerprint density at radius 1 is 1.56 bits per heavy atom. The fourth-order valence-corrected chi connectivity index (χ4v) is 0.695. The smallest absolute Gasteiger partial charge is 0.245 e. The first-order chi connectivity index (χ1) is 3.95. The van der Waals surface area contributed by atoms with Crippen LogP contribution in [0.4, 0.5) is 8.78 Å². The molecule has 3 heteroatoms. The quantitative estimate of drug-likeness (QED) is 0.628. The van der Waals surface area contributed by atoms with Gasteiger partial charge in [0.2, 0.25) is 5.92 Å². The third kappa shape index (κ3) is 5.69. The van der Waals surface area contributed by atoms with Gasteiger partial charge >= 0.3 is 0 Å². The van der Waals surface area contributed by atoms with Crippen molar-refractivity contribution in [1.82, 2.24) is 0 Å². The van der Waals surface area contributed by atoms with Gasteiger partial charge in [0.1, 0.15) is 0 Å². The van der Waals surface area contributed by atoms with E-state index in [2.05, 4.69) is 0 Å². The van der Waals surface area contributed by atoms with E-state index in [1.165, 1.54) is 0 Å². The van der Waals surface area contributed by atoms with Gasteiger partial charge < -0.3 is 5.73 Å². The molecule has 0 amide bonds. The van der Waals surface area contributed by atoms with Crippen LogP contribution < -0.4 is 5.73 Å². The molecule has 0 aromatic carbocycles. The summed E-state index contributed by atoms with van der Waals surface area (Å²) >= 11 is 0. The molecule has 0 spiro atoms. The van der Waals surface area contributed by atoms with Crippen molar-refractivity contribution in [3.8, 4) is 0 Å². The maximum Gasteiger partial charge on any atom is 0.245 e. The SMILES string of the molecule is CC(CN)CC(C)(F)F. The number of hydrogen-bond donors (Lipinski definition) is 1. The minimum atomic E-state index is -2.56. The average molecular weight is 137 g/mol. The van der Waals surface area contributed by atoms with Gasteiger partial charge in [-0.3, -0.25) is 0 Å². The summed E-state index contributed by atoms with van der Waals surface area (Å²) in [4.78, 5) is 0. The van der Waals surface area contributed by atoms with Gasteiger partial charge in [-0.25, -0.2) is 8.78 Å². The number of halogens is 2. The zero-order valence-electron chi connectivity index (χ0n) is 5.82. The fourth-order valence-electron chi connectivity index (χ4n) is 0.695. The molecule has 0 radical (unpaired) electrons. The minimum absolute atomic E-state index is 0.0787. The van der Waals surface area contributed by atoms with Crippen molar-refractivity contribution in [2.45, 2.75) is 26.2 Å². The van der Waals surface area contributed by atoms with Crippen molar-refractivity contribution < 1.29 is 8.78 Å². The normalized spacial score (nSPS) is 15.7. The van der Waals surface area contributed by atoms with Gasteiger partial charge in [0.15, 0.2) is 0 Å². The first-order valence-electron chi connectivity index (χ1n) is 3.03. The molecule has 0 aliphatic carbocycles. The van der Waals surface area contributed by atoms with Crippen LogP contribution in [0.2, 0.25) is 0 Å². The summed E-state index contributed by atoms with van der Waals surface area (Å²) in [5.74, 6) is -2.64. The Morgan fingerprint density at radius 3 is 2.11 bits per heavy atom. The Labute approximate surface area is 54.2 Å². The molecule has 0 bridgehead atoms. The van der Waals surface area contributed by atoms with Crippen molar-refractivity contribution >= 4 is 0 Å². The molecule has 0 heterocycles. The highest BCUT2D eigenvalue weighted by atomic mass is 19.3. The highest BCUT2D eigenvalue weighted by molar-refractivity contribution is 4.63. The van der Waals surface area contributed by atoms with Crippen LogP contribution in [0.1, 0.15) is 20.3 Å². The summed E-state index contributed by atoms with van der Waals surface area (Å²) in [5, 5.41) is 0. The Hall–Kier alpha value is -0.180. The monoisotopic (exact) mass is 137 g/mol. The third-order valence-electron chi connectivity index (χ3n) is 1.11. The lowest BCUT2D eigenvalue weighted by molar-refractivity contribution is -0.000176. The van der Waals surface area contributed by atoms with Gasteiger partial charge in [0.25, 0.3) is 0 Å². The van der Waals surface area contributed by atoms with Crippen molar-refractivity contribution in [2.75, 3.05) is 6.54 Å². The molecule has 2 N–H and O–H groups in total. The molecule has 0 rings (SSSR count). The Balaban J connectivity index is 3.47. The first-order valence-corrected chi connectivity index (χ1v) is 3.03. The maximum absolute atomic E-state index is 12.1. The lowest BCUT2D eigenvalue weighted by Crippen LogP contribution is -2.20. The van der Waals surface area contributed by atoms with Crippen molar-refractivity contribution in [1.29, 1.82) is 0 Å². The van der Waals surface area contributed by atoms with E-state index in [1.807, 2.05) is 0 Å². The van der Waals surface area contributed by atoms with Gasteiger partial charge in [0, 0.05) is 6.42 Å². The van der Waals surface area contributed by atoms with Crippen molar-refractivity contribution in [3.05, 3.63) is 0 Å². The zero-order valence-corrected chi connectivity index (χ0v) is 5.82. The summed E-state index contributed by atoms with van der Waals surface area (Å²) in [5.41, 5.74) is 5.15. The summed E-state index contributed by atoms with van der Waals surface area (Å²) < 4.78 is 24.2. The number of alkyl halides is 2. The van der Waals surface area contributed by atoms with Crippen LogP contribution in [0.25, 0.3) is 0 Å². The molecule has 1 unspecified atom stereocenters. The lowest BCUT2D eigenvalue weighted by Gasteiger charge is -2.13. The highest BCUT2D eigenvalue weighted by Crippen LogP contribution is 2.21.